The number of anilines is 1. The summed E-state index contributed by atoms with van der Waals surface area (Å²) in [6.45, 7) is 8.34. The molecule has 4 heteroatoms. The van der Waals surface area contributed by atoms with Gasteiger partial charge in [-0.15, -0.1) is 11.3 Å². The SMILES string of the molecule is CCN(c1nc(C)c(C)s1)C1CCCCC1CN. The molecule has 1 fully saturated rings. The molecule has 1 aliphatic carbocycles. The first-order valence-electron chi connectivity index (χ1n) is 7.08. The molecule has 1 aromatic rings. The molecule has 18 heavy (non-hydrogen) atoms. The Kier molecular flexibility index (Phi) is 4.62. The Morgan fingerprint density at radius 2 is 2.06 bits per heavy atom. The number of thiazole rings is 1. The molecule has 102 valence electrons. The predicted molar refractivity (Wildman–Crippen MR) is 79.4 cm³/mol. The highest BCUT2D eigenvalue weighted by atomic mass is 32.1. The van der Waals surface area contributed by atoms with Gasteiger partial charge in [0.25, 0.3) is 0 Å². The van der Waals surface area contributed by atoms with Gasteiger partial charge in [-0.05, 0) is 46.1 Å². The standard InChI is InChI=1S/C14H25N3S/c1-4-17(14-16-10(2)11(3)18-14)13-8-6-5-7-12(13)9-15/h12-13H,4-9,15H2,1-3H3. The quantitative estimate of drug-likeness (QED) is 0.911. The Balaban J connectivity index is 2.21. The summed E-state index contributed by atoms with van der Waals surface area (Å²) < 4.78 is 0. The minimum atomic E-state index is 0.596. The highest BCUT2D eigenvalue weighted by Crippen LogP contribution is 2.33. The maximum Gasteiger partial charge on any atom is 0.186 e. The largest absolute Gasteiger partial charge is 0.345 e. The second-order valence-electron chi connectivity index (χ2n) is 5.27. The van der Waals surface area contributed by atoms with Crippen LogP contribution in [0.15, 0.2) is 0 Å². The van der Waals surface area contributed by atoms with Crippen molar-refractivity contribution in [2.75, 3.05) is 18.0 Å². The topological polar surface area (TPSA) is 42.2 Å². The summed E-state index contributed by atoms with van der Waals surface area (Å²) >= 11 is 1.83. The summed E-state index contributed by atoms with van der Waals surface area (Å²) in [6, 6.07) is 0.596. The van der Waals surface area contributed by atoms with Gasteiger partial charge in [0, 0.05) is 17.5 Å². The van der Waals surface area contributed by atoms with E-state index in [0.717, 1.165) is 13.1 Å². The van der Waals surface area contributed by atoms with E-state index in [-0.39, 0.29) is 0 Å². The van der Waals surface area contributed by atoms with Crippen molar-refractivity contribution < 1.29 is 0 Å². The van der Waals surface area contributed by atoms with Gasteiger partial charge in [0.05, 0.1) is 5.69 Å². The van der Waals surface area contributed by atoms with E-state index in [9.17, 15) is 0 Å². The summed E-state index contributed by atoms with van der Waals surface area (Å²) in [7, 11) is 0. The van der Waals surface area contributed by atoms with E-state index in [0.29, 0.717) is 12.0 Å². The van der Waals surface area contributed by atoms with E-state index in [4.69, 9.17) is 10.7 Å². The van der Waals surface area contributed by atoms with Crippen LogP contribution in [0.1, 0.15) is 43.2 Å². The number of aryl methyl sites for hydroxylation is 2. The second-order valence-corrected chi connectivity index (χ2v) is 6.45. The van der Waals surface area contributed by atoms with Gasteiger partial charge in [-0.25, -0.2) is 4.98 Å². The second kappa shape index (κ2) is 6.02. The van der Waals surface area contributed by atoms with Gasteiger partial charge in [0.2, 0.25) is 0 Å². The minimum Gasteiger partial charge on any atom is -0.345 e. The van der Waals surface area contributed by atoms with Crippen LogP contribution in [0.5, 0.6) is 0 Å². The monoisotopic (exact) mass is 267 g/mol. The lowest BCUT2D eigenvalue weighted by Crippen LogP contribution is -2.45. The molecule has 0 radical (unpaired) electrons. The summed E-state index contributed by atoms with van der Waals surface area (Å²) in [5.41, 5.74) is 7.13. The summed E-state index contributed by atoms with van der Waals surface area (Å²) in [6.07, 6.45) is 5.22. The summed E-state index contributed by atoms with van der Waals surface area (Å²) in [5, 5.41) is 1.19. The molecular formula is C14H25N3S. The fraction of sp³-hybridized carbons (Fsp3) is 0.786. The smallest absolute Gasteiger partial charge is 0.186 e. The van der Waals surface area contributed by atoms with Crippen LogP contribution >= 0.6 is 11.3 Å². The zero-order chi connectivity index (χ0) is 13.1. The maximum absolute atomic E-state index is 5.96. The molecule has 0 amide bonds. The van der Waals surface area contributed by atoms with Crippen molar-refractivity contribution in [3.8, 4) is 0 Å². The lowest BCUT2D eigenvalue weighted by atomic mass is 9.83. The molecule has 2 unspecified atom stereocenters. The highest BCUT2D eigenvalue weighted by Gasteiger charge is 2.30. The van der Waals surface area contributed by atoms with Crippen LogP contribution in [0.4, 0.5) is 5.13 Å². The Morgan fingerprint density at radius 3 is 2.61 bits per heavy atom. The van der Waals surface area contributed by atoms with Gasteiger partial charge >= 0.3 is 0 Å². The fourth-order valence-electron chi connectivity index (χ4n) is 2.96. The molecule has 3 nitrogen and oxygen atoms in total. The lowest BCUT2D eigenvalue weighted by Gasteiger charge is -2.39. The zero-order valence-electron chi connectivity index (χ0n) is 11.8. The van der Waals surface area contributed by atoms with Crippen LogP contribution in [-0.2, 0) is 0 Å². The van der Waals surface area contributed by atoms with Crippen LogP contribution in [0.3, 0.4) is 0 Å². The minimum absolute atomic E-state index is 0.596. The van der Waals surface area contributed by atoms with Crippen molar-refractivity contribution in [2.24, 2.45) is 11.7 Å². The first kappa shape index (κ1) is 13.8. The molecule has 1 saturated carbocycles. The van der Waals surface area contributed by atoms with Crippen molar-refractivity contribution in [1.82, 2.24) is 4.98 Å². The molecule has 1 aliphatic rings. The number of aromatic nitrogens is 1. The summed E-state index contributed by atoms with van der Waals surface area (Å²) in [4.78, 5) is 8.55. The molecule has 0 aliphatic heterocycles. The Labute approximate surface area is 114 Å². The molecule has 2 N–H and O–H groups in total. The van der Waals surface area contributed by atoms with E-state index < -0.39 is 0 Å². The molecule has 0 spiro atoms. The molecule has 0 bridgehead atoms. The number of nitrogens with zero attached hydrogens (tertiary/aromatic N) is 2. The van der Waals surface area contributed by atoms with Gasteiger partial charge in [-0.2, -0.15) is 0 Å². The molecular weight excluding hydrogens is 242 g/mol. The number of hydrogen-bond acceptors (Lipinski definition) is 4. The molecule has 0 aromatic carbocycles. The Bertz CT molecular complexity index is 369. The van der Waals surface area contributed by atoms with Crippen LogP contribution in [0, 0.1) is 19.8 Å². The van der Waals surface area contributed by atoms with Crippen LogP contribution < -0.4 is 10.6 Å². The average Bonchev–Trinajstić information content (AvgIpc) is 2.71. The Morgan fingerprint density at radius 1 is 1.33 bits per heavy atom. The first-order valence-corrected chi connectivity index (χ1v) is 7.89. The lowest BCUT2D eigenvalue weighted by molar-refractivity contribution is 0.300. The molecule has 0 saturated heterocycles. The first-order chi connectivity index (χ1) is 8.67. The zero-order valence-corrected chi connectivity index (χ0v) is 12.6. The fourth-order valence-corrected chi connectivity index (χ4v) is 4.00. The van der Waals surface area contributed by atoms with Crippen molar-refractivity contribution >= 4 is 16.5 Å². The number of rotatable bonds is 4. The van der Waals surface area contributed by atoms with E-state index >= 15 is 0 Å². The van der Waals surface area contributed by atoms with Gasteiger partial charge in [0.1, 0.15) is 0 Å². The van der Waals surface area contributed by atoms with E-state index in [2.05, 4.69) is 25.7 Å². The average molecular weight is 267 g/mol. The predicted octanol–water partition coefficient (Wildman–Crippen LogP) is 3.10. The molecule has 2 atom stereocenters. The molecule has 1 aromatic heterocycles. The van der Waals surface area contributed by atoms with Crippen molar-refractivity contribution in [3.05, 3.63) is 10.6 Å². The third-order valence-corrected chi connectivity index (χ3v) is 5.29. The normalized spacial score (nSPS) is 24.2. The van der Waals surface area contributed by atoms with Gasteiger partial charge < -0.3 is 10.6 Å². The number of hydrogen-bond donors (Lipinski definition) is 1. The van der Waals surface area contributed by atoms with E-state index in [1.165, 1.54) is 41.4 Å². The van der Waals surface area contributed by atoms with Gasteiger partial charge in [-0.3, -0.25) is 0 Å². The summed E-state index contributed by atoms with van der Waals surface area (Å²) in [5.74, 6) is 0.642. The van der Waals surface area contributed by atoms with Crippen LogP contribution in [0.25, 0.3) is 0 Å². The van der Waals surface area contributed by atoms with E-state index in [1.807, 2.05) is 11.3 Å². The Hall–Kier alpha value is -0.610. The van der Waals surface area contributed by atoms with Crippen LogP contribution in [0.2, 0.25) is 0 Å². The third-order valence-electron chi connectivity index (χ3n) is 4.18. The van der Waals surface area contributed by atoms with Gasteiger partial charge in [0.15, 0.2) is 5.13 Å². The van der Waals surface area contributed by atoms with Crippen LogP contribution in [-0.4, -0.2) is 24.1 Å². The molecule has 2 rings (SSSR count). The highest BCUT2D eigenvalue weighted by molar-refractivity contribution is 7.15. The van der Waals surface area contributed by atoms with Crippen molar-refractivity contribution in [1.29, 1.82) is 0 Å². The molecule has 1 heterocycles. The third kappa shape index (κ3) is 2.69. The maximum atomic E-state index is 5.96. The van der Waals surface area contributed by atoms with E-state index in [1.54, 1.807) is 0 Å². The van der Waals surface area contributed by atoms with Crippen molar-refractivity contribution in [2.45, 2.75) is 52.5 Å². The number of nitrogens with two attached hydrogens (primary N) is 1. The van der Waals surface area contributed by atoms with Crippen molar-refractivity contribution in [3.63, 3.8) is 0 Å². The van der Waals surface area contributed by atoms with Gasteiger partial charge in [-0.1, -0.05) is 12.8 Å².